The summed E-state index contributed by atoms with van der Waals surface area (Å²) in [4.78, 5) is 23.1. The molecular formula is C11H20O8. The zero-order chi connectivity index (χ0) is 14.7. The van der Waals surface area contributed by atoms with Crippen LogP contribution >= 0.6 is 0 Å². The predicted molar refractivity (Wildman–Crippen MR) is 61.9 cm³/mol. The summed E-state index contributed by atoms with van der Waals surface area (Å²) in [6.45, 7) is -0.388. The second-order valence-corrected chi connectivity index (χ2v) is 3.42. The van der Waals surface area contributed by atoms with Gasteiger partial charge in [-0.15, -0.1) is 0 Å². The third kappa shape index (κ3) is 5.97. The summed E-state index contributed by atoms with van der Waals surface area (Å²) in [5, 5.41) is 0. The van der Waals surface area contributed by atoms with Crippen LogP contribution in [0.25, 0.3) is 0 Å². The summed E-state index contributed by atoms with van der Waals surface area (Å²) in [5.41, 5.74) is 0. The molecule has 0 radical (unpaired) electrons. The molecule has 0 aliphatic carbocycles. The SMILES string of the molecule is COCOC(=O)CCC(OC)(OC)C(=O)OCOC. The van der Waals surface area contributed by atoms with Crippen molar-refractivity contribution in [2.45, 2.75) is 18.6 Å². The van der Waals surface area contributed by atoms with Gasteiger partial charge < -0.3 is 28.4 Å². The molecule has 8 nitrogen and oxygen atoms in total. The minimum Gasteiger partial charge on any atom is -0.438 e. The maximum absolute atomic E-state index is 11.8. The van der Waals surface area contributed by atoms with E-state index in [1.54, 1.807) is 0 Å². The van der Waals surface area contributed by atoms with Crippen LogP contribution in [0.15, 0.2) is 0 Å². The molecular weight excluding hydrogens is 260 g/mol. The van der Waals surface area contributed by atoms with E-state index in [4.69, 9.17) is 14.2 Å². The molecule has 0 atom stereocenters. The number of esters is 2. The Bertz CT molecular complexity index is 274. The van der Waals surface area contributed by atoms with Gasteiger partial charge in [0.1, 0.15) is 0 Å². The lowest BCUT2D eigenvalue weighted by molar-refractivity contribution is -0.239. The molecule has 0 aromatic carbocycles. The van der Waals surface area contributed by atoms with E-state index in [2.05, 4.69) is 14.2 Å². The highest BCUT2D eigenvalue weighted by Crippen LogP contribution is 2.21. The van der Waals surface area contributed by atoms with E-state index in [9.17, 15) is 9.59 Å². The Hall–Kier alpha value is -1.22. The van der Waals surface area contributed by atoms with Crippen molar-refractivity contribution in [1.82, 2.24) is 0 Å². The third-order valence-corrected chi connectivity index (χ3v) is 2.27. The molecule has 0 aliphatic heterocycles. The second-order valence-electron chi connectivity index (χ2n) is 3.42. The van der Waals surface area contributed by atoms with Crippen LogP contribution in [-0.4, -0.2) is 59.8 Å². The Morgan fingerprint density at radius 2 is 1.42 bits per heavy atom. The van der Waals surface area contributed by atoms with Crippen molar-refractivity contribution in [2.24, 2.45) is 0 Å². The van der Waals surface area contributed by atoms with Crippen molar-refractivity contribution < 1.29 is 38.0 Å². The molecule has 112 valence electrons. The molecule has 0 fully saturated rings. The number of carbonyl (C=O) groups is 2. The molecule has 0 N–H and O–H groups in total. The standard InChI is InChI=1S/C11H20O8/c1-14-7-18-9(12)5-6-11(16-3,17-4)10(13)19-8-15-2/h5-8H2,1-4H3. The Kier molecular flexibility index (Phi) is 9.06. The van der Waals surface area contributed by atoms with Crippen LogP contribution in [0.1, 0.15) is 12.8 Å². The Morgan fingerprint density at radius 1 is 0.895 bits per heavy atom. The maximum Gasteiger partial charge on any atom is 0.368 e. The first-order valence-corrected chi connectivity index (χ1v) is 5.47. The molecule has 0 spiro atoms. The highest BCUT2D eigenvalue weighted by atomic mass is 16.7. The fourth-order valence-corrected chi connectivity index (χ4v) is 1.24. The zero-order valence-electron chi connectivity index (χ0n) is 11.6. The summed E-state index contributed by atoms with van der Waals surface area (Å²) in [7, 11) is 5.32. The topological polar surface area (TPSA) is 89.5 Å². The predicted octanol–water partition coefficient (Wildman–Crippen LogP) is 0.0499. The first-order chi connectivity index (χ1) is 9.06. The van der Waals surface area contributed by atoms with Gasteiger partial charge in [0.2, 0.25) is 0 Å². The largest absolute Gasteiger partial charge is 0.438 e. The van der Waals surface area contributed by atoms with E-state index in [0.717, 1.165) is 0 Å². The molecule has 0 saturated heterocycles. The molecule has 19 heavy (non-hydrogen) atoms. The molecule has 0 unspecified atom stereocenters. The van der Waals surface area contributed by atoms with Crippen molar-refractivity contribution in [3.05, 3.63) is 0 Å². The van der Waals surface area contributed by atoms with Crippen LogP contribution in [0.4, 0.5) is 0 Å². The summed E-state index contributed by atoms with van der Waals surface area (Å²) in [6.07, 6.45) is -0.141. The van der Waals surface area contributed by atoms with E-state index >= 15 is 0 Å². The second kappa shape index (κ2) is 9.68. The van der Waals surface area contributed by atoms with Gasteiger partial charge in [-0.1, -0.05) is 0 Å². The van der Waals surface area contributed by atoms with Crippen LogP contribution in [-0.2, 0) is 38.0 Å². The summed E-state index contributed by atoms with van der Waals surface area (Å²) >= 11 is 0. The minimum absolute atomic E-state index is 0.0505. The molecule has 0 aromatic rings. The summed E-state index contributed by atoms with van der Waals surface area (Å²) in [6, 6.07) is 0. The van der Waals surface area contributed by atoms with E-state index in [0.29, 0.717) is 0 Å². The molecule has 0 bridgehead atoms. The highest BCUT2D eigenvalue weighted by molar-refractivity contribution is 5.79. The average molecular weight is 280 g/mol. The summed E-state index contributed by atoms with van der Waals surface area (Å²) < 4.78 is 28.7. The molecule has 0 aliphatic rings. The van der Waals surface area contributed by atoms with Crippen molar-refractivity contribution in [3.63, 3.8) is 0 Å². The number of ether oxygens (including phenoxy) is 6. The van der Waals surface area contributed by atoms with Crippen LogP contribution in [0.2, 0.25) is 0 Å². The van der Waals surface area contributed by atoms with Crippen LogP contribution < -0.4 is 0 Å². The molecule has 0 saturated carbocycles. The lowest BCUT2D eigenvalue weighted by Crippen LogP contribution is -2.44. The number of hydrogen-bond acceptors (Lipinski definition) is 8. The van der Waals surface area contributed by atoms with E-state index < -0.39 is 17.7 Å². The maximum atomic E-state index is 11.8. The Morgan fingerprint density at radius 3 is 1.89 bits per heavy atom. The van der Waals surface area contributed by atoms with E-state index in [1.165, 1.54) is 28.4 Å². The van der Waals surface area contributed by atoms with E-state index in [-0.39, 0.29) is 26.4 Å². The normalized spacial score (nSPS) is 11.2. The fourth-order valence-electron chi connectivity index (χ4n) is 1.24. The number of carbonyl (C=O) groups excluding carboxylic acids is 2. The van der Waals surface area contributed by atoms with Crippen molar-refractivity contribution in [1.29, 1.82) is 0 Å². The molecule has 0 heterocycles. The Balaban J connectivity index is 4.44. The van der Waals surface area contributed by atoms with Gasteiger partial charge in [-0.25, -0.2) is 4.79 Å². The Labute approximate surface area is 111 Å². The molecule has 8 heteroatoms. The first-order valence-electron chi connectivity index (χ1n) is 5.47. The van der Waals surface area contributed by atoms with Crippen LogP contribution in [0.3, 0.4) is 0 Å². The average Bonchev–Trinajstić information content (AvgIpc) is 2.44. The van der Waals surface area contributed by atoms with Crippen LogP contribution in [0, 0.1) is 0 Å². The van der Waals surface area contributed by atoms with Gasteiger partial charge in [0, 0.05) is 34.9 Å². The number of hydrogen-bond donors (Lipinski definition) is 0. The van der Waals surface area contributed by atoms with E-state index in [1.807, 2.05) is 0 Å². The van der Waals surface area contributed by atoms with Crippen molar-refractivity contribution in [3.8, 4) is 0 Å². The van der Waals surface area contributed by atoms with Crippen molar-refractivity contribution in [2.75, 3.05) is 42.0 Å². The van der Waals surface area contributed by atoms with Gasteiger partial charge in [-0.3, -0.25) is 4.79 Å². The van der Waals surface area contributed by atoms with Gasteiger partial charge in [0.25, 0.3) is 5.79 Å². The highest BCUT2D eigenvalue weighted by Gasteiger charge is 2.41. The number of methoxy groups -OCH3 is 4. The fraction of sp³-hybridized carbons (Fsp3) is 0.818. The molecule has 0 amide bonds. The van der Waals surface area contributed by atoms with Gasteiger partial charge in [-0.2, -0.15) is 0 Å². The summed E-state index contributed by atoms with van der Waals surface area (Å²) in [5.74, 6) is -2.98. The number of rotatable bonds is 10. The van der Waals surface area contributed by atoms with Gasteiger partial charge >= 0.3 is 11.9 Å². The van der Waals surface area contributed by atoms with Gasteiger partial charge in [-0.05, 0) is 0 Å². The third-order valence-electron chi connectivity index (χ3n) is 2.27. The lowest BCUT2D eigenvalue weighted by atomic mass is 10.1. The molecule has 0 rings (SSSR count). The zero-order valence-corrected chi connectivity index (χ0v) is 11.6. The monoisotopic (exact) mass is 280 g/mol. The lowest BCUT2D eigenvalue weighted by Gasteiger charge is -2.27. The minimum atomic E-state index is -1.66. The van der Waals surface area contributed by atoms with Crippen LogP contribution in [0.5, 0.6) is 0 Å². The van der Waals surface area contributed by atoms with Crippen molar-refractivity contribution >= 4 is 11.9 Å². The van der Waals surface area contributed by atoms with Gasteiger partial charge in [0.05, 0.1) is 6.42 Å². The first kappa shape index (κ1) is 17.8. The smallest absolute Gasteiger partial charge is 0.368 e. The van der Waals surface area contributed by atoms with Gasteiger partial charge in [0.15, 0.2) is 13.6 Å². The quantitative estimate of drug-likeness (QED) is 0.409. The molecule has 0 aromatic heterocycles.